The molecule has 1 saturated heterocycles. The number of ether oxygens (including phenoxy) is 3. The van der Waals surface area contributed by atoms with E-state index in [4.69, 9.17) is 14.2 Å². The summed E-state index contributed by atoms with van der Waals surface area (Å²) >= 11 is 1.32. The molecule has 0 spiro atoms. The van der Waals surface area contributed by atoms with Crippen molar-refractivity contribution in [2.75, 3.05) is 6.61 Å². The molecule has 1 fully saturated rings. The second-order valence-corrected chi connectivity index (χ2v) is 10.1. The molecule has 5 rings (SSSR count). The van der Waals surface area contributed by atoms with Crippen LogP contribution in [-0.4, -0.2) is 40.6 Å². The van der Waals surface area contributed by atoms with Gasteiger partial charge in [0.2, 0.25) is 0 Å². The van der Waals surface area contributed by atoms with Crippen molar-refractivity contribution in [3.8, 4) is 0 Å². The lowest BCUT2D eigenvalue weighted by Crippen LogP contribution is -2.40. The van der Waals surface area contributed by atoms with Crippen molar-refractivity contribution in [3.05, 3.63) is 120 Å². The Labute approximate surface area is 215 Å². The van der Waals surface area contributed by atoms with Crippen molar-refractivity contribution < 1.29 is 24.1 Å². The summed E-state index contributed by atoms with van der Waals surface area (Å²) in [5, 5.41) is 12.7. The first-order valence-corrected chi connectivity index (χ1v) is 12.9. The molecule has 0 amide bonds. The number of esters is 1. The van der Waals surface area contributed by atoms with E-state index in [9.17, 15) is 9.90 Å². The van der Waals surface area contributed by atoms with Crippen LogP contribution in [0.2, 0.25) is 0 Å². The topological polar surface area (TPSA) is 65.0 Å². The maximum absolute atomic E-state index is 13.1. The van der Waals surface area contributed by atoms with Crippen LogP contribution < -0.4 is 0 Å². The summed E-state index contributed by atoms with van der Waals surface area (Å²) in [4.78, 5) is 13.1. The number of aliphatic hydroxyl groups excluding tert-OH is 1. The first-order chi connectivity index (χ1) is 17.7. The average Bonchev–Trinajstić information content (AvgIpc) is 3.21. The van der Waals surface area contributed by atoms with E-state index in [2.05, 4.69) is 0 Å². The molecule has 4 aromatic rings. The molecular weight excluding hydrogens is 472 g/mol. The molecular formula is C30H28O5S. The largest absolute Gasteiger partial charge is 0.452 e. The molecule has 184 valence electrons. The lowest BCUT2D eigenvalue weighted by atomic mass is 10.1. The van der Waals surface area contributed by atoms with Gasteiger partial charge < -0.3 is 19.3 Å². The van der Waals surface area contributed by atoms with E-state index in [1.807, 2.05) is 97.1 Å². The summed E-state index contributed by atoms with van der Waals surface area (Å²) in [5.74, 6) is -0.482. The molecule has 36 heavy (non-hydrogen) atoms. The van der Waals surface area contributed by atoms with E-state index in [-0.39, 0.29) is 5.25 Å². The Morgan fingerprint density at radius 3 is 2.11 bits per heavy atom. The van der Waals surface area contributed by atoms with Gasteiger partial charge in [-0.3, -0.25) is 0 Å². The van der Waals surface area contributed by atoms with Gasteiger partial charge in [0.1, 0.15) is 11.5 Å². The van der Waals surface area contributed by atoms with Crippen LogP contribution in [-0.2, 0) is 27.4 Å². The minimum Gasteiger partial charge on any atom is -0.452 e. The van der Waals surface area contributed by atoms with Crippen LogP contribution in [0.5, 0.6) is 0 Å². The van der Waals surface area contributed by atoms with Gasteiger partial charge in [0.05, 0.1) is 30.6 Å². The molecule has 5 nitrogen and oxygen atoms in total. The number of thioether (sulfide) groups is 1. The molecule has 1 unspecified atom stereocenters. The van der Waals surface area contributed by atoms with Crippen molar-refractivity contribution in [1.82, 2.24) is 0 Å². The third kappa shape index (κ3) is 5.97. The van der Waals surface area contributed by atoms with E-state index >= 15 is 0 Å². The lowest BCUT2D eigenvalue weighted by molar-refractivity contribution is -0.0806. The fourth-order valence-corrected chi connectivity index (χ4v) is 5.60. The molecule has 0 radical (unpaired) electrons. The highest BCUT2D eigenvalue weighted by Gasteiger charge is 2.47. The maximum atomic E-state index is 13.1. The first-order valence-electron chi connectivity index (χ1n) is 12.0. The number of carbonyl (C=O) groups excluding carboxylic acids is 1. The zero-order chi connectivity index (χ0) is 24.7. The van der Waals surface area contributed by atoms with Crippen LogP contribution >= 0.6 is 11.8 Å². The summed E-state index contributed by atoms with van der Waals surface area (Å²) < 4.78 is 18.1. The fourth-order valence-electron chi connectivity index (χ4n) is 4.31. The van der Waals surface area contributed by atoms with E-state index in [0.29, 0.717) is 25.4 Å². The van der Waals surface area contributed by atoms with Crippen LogP contribution in [0.1, 0.15) is 21.5 Å². The maximum Gasteiger partial charge on any atom is 0.338 e. The lowest BCUT2D eigenvalue weighted by Gasteiger charge is -2.25. The molecule has 1 aliphatic rings. The highest BCUT2D eigenvalue weighted by molar-refractivity contribution is 8.00. The Balaban J connectivity index is 1.29. The molecule has 4 aromatic carbocycles. The predicted octanol–water partition coefficient (Wildman–Crippen LogP) is 5.60. The highest BCUT2D eigenvalue weighted by atomic mass is 32.2. The number of hydrogen-bond donors (Lipinski definition) is 1. The number of fused-ring (bicyclic) bond motifs is 1. The summed E-state index contributed by atoms with van der Waals surface area (Å²) in [5.41, 5.74) is 1.60. The van der Waals surface area contributed by atoms with Crippen LogP contribution in [0.15, 0.2) is 103 Å². The zero-order valence-corrected chi connectivity index (χ0v) is 20.6. The van der Waals surface area contributed by atoms with E-state index in [1.54, 1.807) is 6.07 Å². The van der Waals surface area contributed by atoms with E-state index in [1.165, 1.54) is 11.8 Å². The molecule has 1 N–H and O–H groups in total. The third-order valence-electron chi connectivity index (χ3n) is 6.19. The van der Waals surface area contributed by atoms with Crippen LogP contribution in [0.25, 0.3) is 10.8 Å². The molecule has 1 aliphatic heterocycles. The second kappa shape index (κ2) is 11.7. The van der Waals surface area contributed by atoms with Gasteiger partial charge in [0.25, 0.3) is 0 Å². The Morgan fingerprint density at radius 2 is 1.39 bits per heavy atom. The number of hydrogen-bond acceptors (Lipinski definition) is 6. The second-order valence-electron chi connectivity index (χ2n) is 8.76. The van der Waals surface area contributed by atoms with Gasteiger partial charge in [-0.2, -0.15) is 0 Å². The fraction of sp³-hybridized carbons (Fsp3) is 0.233. The standard InChI is InChI=1S/C30H28O5S/c31-29(25-16-15-23-13-7-8-14-24(23)17-25)35-28-27(34-19-22-11-5-2-6-12-22)26(36-30(28)32)20-33-18-21-9-3-1-4-10-21/h1-17,26-28,30,32H,18-20H2/t26-,27-,28+,30?/m1/s1. The Hall–Kier alpha value is -3.16. The van der Waals surface area contributed by atoms with E-state index in [0.717, 1.165) is 21.9 Å². The summed E-state index contributed by atoms with van der Waals surface area (Å²) in [6.07, 6.45) is -1.34. The highest BCUT2D eigenvalue weighted by Crippen LogP contribution is 2.38. The minimum atomic E-state index is -0.916. The van der Waals surface area contributed by atoms with Gasteiger partial charge in [-0.25, -0.2) is 4.79 Å². The number of carbonyl (C=O) groups is 1. The first kappa shape index (κ1) is 24.5. The number of benzene rings is 4. The Bertz CT molecular complexity index is 1280. The zero-order valence-electron chi connectivity index (χ0n) is 19.7. The van der Waals surface area contributed by atoms with Crippen LogP contribution in [0, 0.1) is 0 Å². The van der Waals surface area contributed by atoms with Crippen molar-refractivity contribution in [1.29, 1.82) is 0 Å². The molecule has 0 aliphatic carbocycles. The Kier molecular flexibility index (Phi) is 7.98. The van der Waals surface area contributed by atoms with Gasteiger partial charge in [0.15, 0.2) is 6.10 Å². The van der Waals surface area contributed by atoms with Crippen molar-refractivity contribution in [3.63, 3.8) is 0 Å². The van der Waals surface area contributed by atoms with Crippen molar-refractivity contribution in [2.45, 2.75) is 36.1 Å². The molecule has 4 atom stereocenters. The SMILES string of the molecule is O=C(O[C@@H]1C(O)S[C@H](COCc2ccccc2)[C@H]1OCc1ccccc1)c1ccc2ccccc2c1. The molecule has 0 aromatic heterocycles. The average molecular weight is 501 g/mol. The smallest absolute Gasteiger partial charge is 0.338 e. The molecule has 0 saturated carbocycles. The monoisotopic (exact) mass is 500 g/mol. The van der Waals surface area contributed by atoms with Crippen LogP contribution in [0.4, 0.5) is 0 Å². The van der Waals surface area contributed by atoms with Gasteiger partial charge in [-0.1, -0.05) is 91.0 Å². The molecule has 6 heteroatoms. The number of aliphatic hydroxyl groups is 1. The summed E-state index contributed by atoms with van der Waals surface area (Å²) in [7, 11) is 0. The van der Waals surface area contributed by atoms with Gasteiger partial charge in [-0.15, -0.1) is 11.8 Å². The van der Waals surface area contributed by atoms with Gasteiger partial charge in [0, 0.05) is 0 Å². The molecule has 1 heterocycles. The quantitative estimate of drug-likeness (QED) is 0.302. The van der Waals surface area contributed by atoms with Crippen molar-refractivity contribution >= 4 is 28.5 Å². The summed E-state index contributed by atoms with van der Waals surface area (Å²) in [6, 6.07) is 33.1. The van der Waals surface area contributed by atoms with Crippen molar-refractivity contribution in [2.24, 2.45) is 0 Å². The number of rotatable bonds is 9. The van der Waals surface area contributed by atoms with E-state index < -0.39 is 23.6 Å². The van der Waals surface area contributed by atoms with Crippen LogP contribution in [0.3, 0.4) is 0 Å². The molecule has 0 bridgehead atoms. The van der Waals surface area contributed by atoms with Gasteiger partial charge >= 0.3 is 5.97 Å². The van der Waals surface area contributed by atoms with Gasteiger partial charge in [-0.05, 0) is 34.0 Å². The Morgan fingerprint density at radius 1 is 0.750 bits per heavy atom. The normalized spacial score (nSPS) is 21.5. The minimum absolute atomic E-state index is 0.193. The third-order valence-corrected chi connectivity index (χ3v) is 7.49. The summed E-state index contributed by atoms with van der Waals surface area (Å²) in [6.45, 7) is 1.17. The predicted molar refractivity (Wildman–Crippen MR) is 142 cm³/mol.